The number of carbonyl (C=O) groups excluding carboxylic acids is 1. The Kier molecular flexibility index (Phi) is 5.08. The minimum absolute atomic E-state index is 0.121. The van der Waals surface area contributed by atoms with Crippen molar-refractivity contribution < 1.29 is 9.18 Å². The maximum atomic E-state index is 13.4. The van der Waals surface area contributed by atoms with Crippen LogP contribution in [0.2, 0.25) is 5.15 Å². The van der Waals surface area contributed by atoms with Crippen molar-refractivity contribution in [2.75, 3.05) is 6.54 Å². The molecular weight excluding hydrogens is 343 g/mol. The molecule has 0 saturated carbocycles. The molecule has 0 aliphatic carbocycles. The van der Waals surface area contributed by atoms with E-state index in [1.54, 1.807) is 9.58 Å². The van der Waals surface area contributed by atoms with Gasteiger partial charge in [-0.2, -0.15) is 9.49 Å². The molecule has 1 atom stereocenters. The molecule has 0 N–H and O–H groups in total. The van der Waals surface area contributed by atoms with Crippen LogP contribution < -0.4 is 0 Å². The molecule has 1 aliphatic rings. The number of pyridine rings is 1. The summed E-state index contributed by atoms with van der Waals surface area (Å²) in [5.74, 6) is -0.503. The highest BCUT2D eigenvalue weighted by Crippen LogP contribution is 2.38. The van der Waals surface area contributed by atoms with E-state index in [1.807, 2.05) is 6.92 Å². The summed E-state index contributed by atoms with van der Waals surface area (Å²) < 4.78 is 15.2. The van der Waals surface area contributed by atoms with Crippen molar-refractivity contribution in [3.63, 3.8) is 0 Å². The normalized spacial score (nSPS) is 17.5. The Morgan fingerprint density at radius 1 is 1.44 bits per heavy atom. The molecule has 0 spiro atoms. The molecule has 0 unspecified atom stereocenters. The fourth-order valence-electron chi connectivity index (χ4n) is 3.40. The molecule has 3 heterocycles. The van der Waals surface area contributed by atoms with E-state index >= 15 is 0 Å². The second-order valence-corrected chi connectivity index (χ2v) is 7.23. The third-order valence-corrected chi connectivity index (χ3v) is 4.83. The number of halogens is 2. The number of rotatable bonds is 4. The minimum atomic E-state index is -0.652. The molecule has 1 aliphatic heterocycles. The molecule has 25 heavy (non-hydrogen) atoms. The van der Waals surface area contributed by atoms with Crippen LogP contribution in [-0.2, 0) is 6.54 Å². The first-order valence-electron chi connectivity index (χ1n) is 8.54. The van der Waals surface area contributed by atoms with Gasteiger partial charge in [0.1, 0.15) is 10.8 Å². The first kappa shape index (κ1) is 17.9. The van der Waals surface area contributed by atoms with Gasteiger partial charge in [0.15, 0.2) is 0 Å². The predicted octanol–water partition coefficient (Wildman–Crippen LogP) is 4.01. The third-order valence-electron chi connectivity index (χ3n) is 4.43. The average molecular weight is 365 g/mol. The van der Waals surface area contributed by atoms with Crippen LogP contribution in [-0.4, -0.2) is 32.1 Å². The number of aryl methyl sites for hydroxylation is 1. The summed E-state index contributed by atoms with van der Waals surface area (Å²) in [4.78, 5) is 18.3. The Labute approximate surface area is 151 Å². The van der Waals surface area contributed by atoms with E-state index in [0.717, 1.165) is 30.6 Å². The van der Waals surface area contributed by atoms with Crippen LogP contribution in [0, 0.1) is 18.8 Å². The smallest absolute Gasteiger partial charge is 0.273 e. The Bertz CT molecular complexity index is 789. The monoisotopic (exact) mass is 364 g/mol. The first-order valence-corrected chi connectivity index (χ1v) is 8.92. The van der Waals surface area contributed by atoms with Crippen LogP contribution in [0.5, 0.6) is 0 Å². The van der Waals surface area contributed by atoms with Gasteiger partial charge in [0.25, 0.3) is 5.91 Å². The van der Waals surface area contributed by atoms with Gasteiger partial charge in [-0.3, -0.25) is 9.48 Å². The zero-order chi connectivity index (χ0) is 18.1. The molecule has 0 radical (unpaired) electrons. The van der Waals surface area contributed by atoms with Crippen molar-refractivity contribution in [2.24, 2.45) is 5.92 Å². The molecule has 0 aromatic carbocycles. The number of amides is 1. The van der Waals surface area contributed by atoms with Gasteiger partial charge >= 0.3 is 0 Å². The van der Waals surface area contributed by atoms with Crippen molar-refractivity contribution in [2.45, 2.75) is 46.2 Å². The quantitative estimate of drug-likeness (QED) is 0.770. The van der Waals surface area contributed by atoms with E-state index in [9.17, 15) is 9.18 Å². The fraction of sp³-hybridized carbons (Fsp3) is 0.500. The van der Waals surface area contributed by atoms with Crippen LogP contribution >= 0.6 is 11.6 Å². The van der Waals surface area contributed by atoms with Crippen molar-refractivity contribution in [3.8, 4) is 0 Å². The maximum absolute atomic E-state index is 13.4. The lowest BCUT2D eigenvalue weighted by molar-refractivity contribution is 0.0728. The molecule has 1 amide bonds. The third kappa shape index (κ3) is 3.54. The number of carbonyl (C=O) groups is 1. The van der Waals surface area contributed by atoms with E-state index < -0.39 is 5.95 Å². The highest BCUT2D eigenvalue weighted by atomic mass is 35.5. The number of hydrogen-bond acceptors (Lipinski definition) is 3. The Morgan fingerprint density at radius 2 is 2.20 bits per heavy atom. The van der Waals surface area contributed by atoms with Gasteiger partial charge < -0.3 is 4.90 Å². The molecule has 1 saturated heterocycles. The number of aromatic nitrogens is 3. The Balaban J connectivity index is 1.92. The van der Waals surface area contributed by atoms with Crippen molar-refractivity contribution in [1.82, 2.24) is 19.7 Å². The predicted molar refractivity (Wildman–Crippen MR) is 94.0 cm³/mol. The maximum Gasteiger partial charge on any atom is 0.273 e. The number of nitrogens with zero attached hydrogens (tertiary/aromatic N) is 4. The van der Waals surface area contributed by atoms with E-state index in [0.29, 0.717) is 17.6 Å². The van der Waals surface area contributed by atoms with Gasteiger partial charge in [-0.1, -0.05) is 31.5 Å². The summed E-state index contributed by atoms with van der Waals surface area (Å²) >= 11 is 6.58. The summed E-state index contributed by atoms with van der Waals surface area (Å²) in [7, 11) is 0. The summed E-state index contributed by atoms with van der Waals surface area (Å²) in [6, 6.07) is 4.12. The first-order chi connectivity index (χ1) is 11.9. The van der Waals surface area contributed by atoms with E-state index in [-0.39, 0.29) is 17.6 Å². The van der Waals surface area contributed by atoms with Gasteiger partial charge in [0, 0.05) is 18.7 Å². The highest BCUT2D eigenvalue weighted by molar-refractivity contribution is 6.30. The standard InChI is InChI=1S/C18H22ClFN4O/c1-11(2)10-24-17(19)16(12(3)22-24)14-7-5-9-23(14)18(25)13-6-4-8-15(20)21-13/h4,6,8,11,14H,5,7,9-10H2,1-3H3/t14-/m1/s1. The van der Waals surface area contributed by atoms with Crippen molar-refractivity contribution in [3.05, 3.63) is 46.3 Å². The van der Waals surface area contributed by atoms with Gasteiger partial charge in [-0.15, -0.1) is 0 Å². The van der Waals surface area contributed by atoms with E-state index in [1.165, 1.54) is 18.2 Å². The molecule has 3 rings (SSSR count). The minimum Gasteiger partial charge on any atom is -0.330 e. The number of hydrogen-bond donors (Lipinski definition) is 0. The van der Waals surface area contributed by atoms with Gasteiger partial charge in [0.2, 0.25) is 5.95 Å². The Hall–Kier alpha value is -1.95. The number of likely N-dealkylation sites (tertiary alicyclic amines) is 1. The van der Waals surface area contributed by atoms with Crippen molar-refractivity contribution in [1.29, 1.82) is 0 Å². The second kappa shape index (κ2) is 7.12. The second-order valence-electron chi connectivity index (χ2n) is 6.87. The molecule has 2 aromatic rings. The van der Waals surface area contributed by atoms with Crippen LogP contribution in [0.1, 0.15) is 54.5 Å². The Morgan fingerprint density at radius 3 is 2.88 bits per heavy atom. The van der Waals surface area contributed by atoms with Crippen LogP contribution in [0.3, 0.4) is 0 Å². The lowest BCUT2D eigenvalue weighted by atomic mass is 10.1. The summed E-state index contributed by atoms with van der Waals surface area (Å²) in [6.45, 7) is 7.46. The van der Waals surface area contributed by atoms with Gasteiger partial charge in [-0.05, 0) is 37.8 Å². The van der Waals surface area contributed by atoms with Gasteiger partial charge in [-0.25, -0.2) is 4.98 Å². The van der Waals surface area contributed by atoms with Crippen LogP contribution in [0.25, 0.3) is 0 Å². The topological polar surface area (TPSA) is 51.0 Å². The molecule has 1 fully saturated rings. The molecule has 7 heteroatoms. The average Bonchev–Trinajstić information content (AvgIpc) is 3.11. The molecule has 5 nitrogen and oxygen atoms in total. The molecule has 2 aromatic heterocycles. The molecule has 0 bridgehead atoms. The SMILES string of the molecule is Cc1nn(CC(C)C)c(Cl)c1[C@H]1CCCN1C(=O)c1cccc(F)n1. The zero-order valence-corrected chi connectivity index (χ0v) is 15.4. The van der Waals surface area contributed by atoms with Crippen LogP contribution in [0.15, 0.2) is 18.2 Å². The largest absolute Gasteiger partial charge is 0.330 e. The highest BCUT2D eigenvalue weighted by Gasteiger charge is 2.35. The molecule has 134 valence electrons. The van der Waals surface area contributed by atoms with Gasteiger partial charge in [0.05, 0.1) is 11.7 Å². The fourth-order valence-corrected chi connectivity index (χ4v) is 3.77. The molecular formula is C18H22ClFN4O. The lowest BCUT2D eigenvalue weighted by Crippen LogP contribution is -2.31. The van der Waals surface area contributed by atoms with E-state index in [4.69, 9.17) is 11.6 Å². The summed E-state index contributed by atoms with van der Waals surface area (Å²) in [6.07, 6.45) is 1.69. The van der Waals surface area contributed by atoms with Crippen LogP contribution in [0.4, 0.5) is 4.39 Å². The van der Waals surface area contributed by atoms with Crippen molar-refractivity contribution >= 4 is 17.5 Å². The van der Waals surface area contributed by atoms with E-state index in [2.05, 4.69) is 23.9 Å². The summed E-state index contributed by atoms with van der Waals surface area (Å²) in [5.41, 5.74) is 1.85. The zero-order valence-electron chi connectivity index (χ0n) is 14.7. The summed E-state index contributed by atoms with van der Waals surface area (Å²) in [5, 5.41) is 5.13. The lowest BCUT2D eigenvalue weighted by Gasteiger charge is -2.24.